The average molecular weight is 428 g/mol. The van der Waals surface area contributed by atoms with Crippen molar-refractivity contribution in [1.29, 1.82) is 0 Å². The Hall–Kier alpha value is -3.32. The van der Waals surface area contributed by atoms with E-state index in [0.717, 1.165) is 28.2 Å². The SMILES string of the molecule is Cc1ccc(-c2ccc(C(C)(c3noc(-c4cnn(C5COC5)c4)n3)C3CC3)cc2)cn1. The van der Waals surface area contributed by atoms with Gasteiger partial charge in [-0.1, -0.05) is 35.5 Å². The second-order valence-electron chi connectivity index (χ2n) is 9.07. The van der Waals surface area contributed by atoms with Crippen LogP contribution < -0.4 is 0 Å². The molecule has 6 rings (SSSR count). The van der Waals surface area contributed by atoms with Crippen LogP contribution in [0.25, 0.3) is 22.6 Å². The van der Waals surface area contributed by atoms with E-state index in [1.54, 1.807) is 6.20 Å². The zero-order valence-corrected chi connectivity index (χ0v) is 18.2. The van der Waals surface area contributed by atoms with Crippen molar-refractivity contribution in [1.82, 2.24) is 24.9 Å². The van der Waals surface area contributed by atoms with Gasteiger partial charge in [0.1, 0.15) is 0 Å². The molecule has 4 heterocycles. The van der Waals surface area contributed by atoms with E-state index in [2.05, 4.69) is 52.5 Å². The van der Waals surface area contributed by atoms with Crippen molar-refractivity contribution in [2.75, 3.05) is 13.2 Å². The minimum Gasteiger partial charge on any atom is -0.377 e. The summed E-state index contributed by atoms with van der Waals surface area (Å²) in [6.07, 6.45) is 8.01. The Morgan fingerprint density at radius 2 is 1.75 bits per heavy atom. The first kappa shape index (κ1) is 19.4. The van der Waals surface area contributed by atoms with E-state index in [-0.39, 0.29) is 5.41 Å². The van der Waals surface area contributed by atoms with E-state index in [1.807, 2.05) is 30.1 Å². The molecule has 2 fully saturated rings. The number of pyridine rings is 1. The zero-order valence-electron chi connectivity index (χ0n) is 18.2. The van der Waals surface area contributed by atoms with Gasteiger partial charge in [0.05, 0.1) is 36.4 Å². The summed E-state index contributed by atoms with van der Waals surface area (Å²) < 4.78 is 12.9. The Kier molecular flexibility index (Phi) is 4.47. The second kappa shape index (κ2) is 7.38. The molecule has 1 aliphatic carbocycles. The summed E-state index contributed by atoms with van der Waals surface area (Å²) in [6, 6.07) is 13.2. The molecule has 32 heavy (non-hydrogen) atoms. The summed E-state index contributed by atoms with van der Waals surface area (Å²) in [7, 11) is 0. The fraction of sp³-hybridized carbons (Fsp3) is 0.360. The maximum Gasteiger partial charge on any atom is 0.261 e. The lowest BCUT2D eigenvalue weighted by Gasteiger charge is -2.27. The van der Waals surface area contributed by atoms with Gasteiger partial charge in [-0.25, -0.2) is 0 Å². The van der Waals surface area contributed by atoms with Crippen molar-refractivity contribution in [2.45, 2.75) is 38.1 Å². The third-order valence-corrected chi connectivity index (χ3v) is 6.86. The molecular formula is C25H25N5O2. The fourth-order valence-electron chi connectivity index (χ4n) is 4.43. The van der Waals surface area contributed by atoms with Gasteiger partial charge >= 0.3 is 0 Å². The van der Waals surface area contributed by atoms with Crippen LogP contribution in [-0.4, -0.2) is 38.1 Å². The fourth-order valence-corrected chi connectivity index (χ4v) is 4.43. The molecule has 0 spiro atoms. The van der Waals surface area contributed by atoms with Crippen molar-refractivity contribution in [3.63, 3.8) is 0 Å². The number of hydrogen-bond acceptors (Lipinski definition) is 6. The van der Waals surface area contributed by atoms with Gasteiger partial charge in [-0.05, 0) is 49.8 Å². The van der Waals surface area contributed by atoms with E-state index in [0.29, 0.717) is 31.1 Å². The highest BCUT2D eigenvalue weighted by Crippen LogP contribution is 2.50. The van der Waals surface area contributed by atoms with Crippen LogP contribution in [0.5, 0.6) is 0 Å². The third kappa shape index (κ3) is 3.24. The number of benzene rings is 1. The van der Waals surface area contributed by atoms with Crippen LogP contribution in [0.3, 0.4) is 0 Å². The lowest BCUT2D eigenvalue weighted by atomic mass is 9.76. The maximum absolute atomic E-state index is 5.69. The smallest absolute Gasteiger partial charge is 0.261 e. The predicted molar refractivity (Wildman–Crippen MR) is 119 cm³/mol. The van der Waals surface area contributed by atoms with E-state index >= 15 is 0 Å². The Morgan fingerprint density at radius 3 is 2.41 bits per heavy atom. The monoisotopic (exact) mass is 427 g/mol. The van der Waals surface area contributed by atoms with Crippen LogP contribution in [0.15, 0.2) is 59.5 Å². The molecule has 1 saturated carbocycles. The lowest BCUT2D eigenvalue weighted by molar-refractivity contribution is -0.0286. The first-order valence-electron chi connectivity index (χ1n) is 11.1. The lowest BCUT2D eigenvalue weighted by Crippen LogP contribution is -2.30. The Labute approximate surface area is 186 Å². The number of nitrogens with zero attached hydrogens (tertiary/aromatic N) is 5. The zero-order chi connectivity index (χ0) is 21.7. The maximum atomic E-state index is 5.69. The molecule has 3 aromatic heterocycles. The molecule has 0 amide bonds. The van der Waals surface area contributed by atoms with Crippen LogP contribution >= 0.6 is 0 Å². The van der Waals surface area contributed by atoms with E-state index in [4.69, 9.17) is 14.2 Å². The van der Waals surface area contributed by atoms with Crippen LogP contribution in [0.4, 0.5) is 0 Å². The van der Waals surface area contributed by atoms with Crippen molar-refractivity contribution >= 4 is 0 Å². The molecule has 162 valence electrons. The molecule has 7 nitrogen and oxygen atoms in total. The van der Waals surface area contributed by atoms with Crippen molar-refractivity contribution in [2.24, 2.45) is 5.92 Å². The van der Waals surface area contributed by atoms with Gasteiger partial charge in [-0.2, -0.15) is 10.1 Å². The van der Waals surface area contributed by atoms with E-state index in [9.17, 15) is 0 Å². The Morgan fingerprint density at radius 1 is 0.969 bits per heavy atom. The summed E-state index contributed by atoms with van der Waals surface area (Å²) in [5.74, 6) is 1.76. The molecule has 1 aromatic carbocycles. The first-order valence-corrected chi connectivity index (χ1v) is 11.1. The summed E-state index contributed by atoms with van der Waals surface area (Å²) >= 11 is 0. The number of aryl methyl sites for hydroxylation is 1. The number of ether oxygens (including phenoxy) is 1. The molecule has 0 bridgehead atoms. The van der Waals surface area contributed by atoms with Gasteiger partial charge < -0.3 is 9.26 Å². The standard InChI is InChI=1S/C25H25N5O2/c1-16-3-4-18(11-26-16)17-5-7-20(8-6-17)25(2,21-9-10-21)24-28-23(32-29-24)19-12-27-30(13-19)22-14-31-15-22/h3-8,11-13,21-22H,9-10,14-15H2,1-2H3. The number of hydrogen-bond donors (Lipinski definition) is 0. The van der Waals surface area contributed by atoms with Crippen LogP contribution in [0, 0.1) is 12.8 Å². The second-order valence-corrected chi connectivity index (χ2v) is 9.07. The molecule has 4 aromatic rings. The van der Waals surface area contributed by atoms with Crippen molar-refractivity contribution in [3.8, 4) is 22.6 Å². The number of rotatable bonds is 6. The highest BCUT2D eigenvalue weighted by molar-refractivity contribution is 5.63. The topological polar surface area (TPSA) is 78.9 Å². The van der Waals surface area contributed by atoms with Gasteiger partial charge in [0, 0.05) is 23.7 Å². The molecule has 1 aliphatic heterocycles. The minimum atomic E-state index is -0.288. The third-order valence-electron chi connectivity index (χ3n) is 6.86. The Balaban J connectivity index is 1.31. The summed E-state index contributed by atoms with van der Waals surface area (Å²) in [4.78, 5) is 9.24. The van der Waals surface area contributed by atoms with Gasteiger partial charge in [0.2, 0.25) is 0 Å². The molecule has 1 unspecified atom stereocenters. The quantitative estimate of drug-likeness (QED) is 0.448. The summed E-state index contributed by atoms with van der Waals surface area (Å²) in [6.45, 7) is 5.63. The molecular weight excluding hydrogens is 402 g/mol. The van der Waals surface area contributed by atoms with Gasteiger partial charge in [-0.15, -0.1) is 0 Å². The van der Waals surface area contributed by atoms with Gasteiger partial charge in [0.25, 0.3) is 5.89 Å². The highest BCUT2D eigenvalue weighted by Gasteiger charge is 2.47. The van der Waals surface area contributed by atoms with Crippen LogP contribution in [0.1, 0.15) is 42.9 Å². The average Bonchev–Trinajstić information content (AvgIpc) is 3.33. The largest absolute Gasteiger partial charge is 0.377 e. The summed E-state index contributed by atoms with van der Waals surface area (Å²) in [5, 5.41) is 8.86. The molecule has 0 radical (unpaired) electrons. The van der Waals surface area contributed by atoms with Gasteiger partial charge in [-0.3, -0.25) is 9.67 Å². The van der Waals surface area contributed by atoms with Gasteiger partial charge in [0.15, 0.2) is 5.82 Å². The molecule has 2 aliphatic rings. The molecule has 1 atom stereocenters. The normalized spacial score (nSPS) is 18.3. The van der Waals surface area contributed by atoms with Crippen LogP contribution in [-0.2, 0) is 10.2 Å². The Bertz CT molecular complexity index is 1240. The van der Waals surface area contributed by atoms with E-state index < -0.39 is 0 Å². The minimum absolute atomic E-state index is 0.288. The first-order chi connectivity index (χ1) is 15.6. The molecule has 1 saturated heterocycles. The van der Waals surface area contributed by atoms with Crippen LogP contribution in [0.2, 0.25) is 0 Å². The summed E-state index contributed by atoms with van der Waals surface area (Å²) in [5.41, 5.74) is 5.05. The highest BCUT2D eigenvalue weighted by atomic mass is 16.5. The predicted octanol–water partition coefficient (Wildman–Crippen LogP) is 4.59. The molecule has 0 N–H and O–H groups in total. The van der Waals surface area contributed by atoms with Crippen molar-refractivity contribution in [3.05, 3.63) is 72.1 Å². The van der Waals surface area contributed by atoms with E-state index in [1.165, 1.54) is 18.4 Å². The van der Waals surface area contributed by atoms with Crippen molar-refractivity contribution < 1.29 is 9.26 Å². The molecule has 7 heteroatoms. The number of aromatic nitrogens is 5.